The van der Waals surface area contributed by atoms with Crippen LogP contribution in [0, 0.1) is 6.92 Å². The van der Waals surface area contributed by atoms with Crippen LogP contribution >= 0.6 is 0 Å². The summed E-state index contributed by atoms with van der Waals surface area (Å²) in [6.45, 7) is 3.65. The van der Waals surface area contributed by atoms with E-state index in [4.69, 9.17) is 4.74 Å². The van der Waals surface area contributed by atoms with Crippen LogP contribution in [-0.4, -0.2) is 22.7 Å². The highest BCUT2D eigenvalue weighted by atomic mass is 19.4. The van der Waals surface area contributed by atoms with Gasteiger partial charge in [0.2, 0.25) is 0 Å². The molecule has 1 amide bonds. The topological polar surface area (TPSA) is 67.0 Å². The number of halogens is 6. The fourth-order valence-electron chi connectivity index (χ4n) is 3.15. The molecule has 3 aromatic rings. The molecule has 5 nitrogen and oxygen atoms in total. The van der Waals surface area contributed by atoms with Crippen LogP contribution in [0.4, 0.5) is 26.3 Å². The summed E-state index contributed by atoms with van der Waals surface area (Å²) < 4.78 is 83.4. The molecule has 0 unspecified atom stereocenters. The minimum atomic E-state index is -4.96. The van der Waals surface area contributed by atoms with Crippen LogP contribution in [0.25, 0.3) is 11.3 Å². The Morgan fingerprint density at radius 2 is 1.64 bits per heavy atom. The zero-order valence-electron chi connectivity index (χ0n) is 17.5. The van der Waals surface area contributed by atoms with E-state index in [1.54, 1.807) is 18.2 Å². The molecule has 3 rings (SSSR count). The average molecular weight is 471 g/mol. The zero-order chi connectivity index (χ0) is 24.4. The highest BCUT2D eigenvalue weighted by Crippen LogP contribution is 2.36. The highest BCUT2D eigenvalue weighted by Gasteiger charge is 2.36. The van der Waals surface area contributed by atoms with Crippen molar-refractivity contribution in [3.8, 4) is 17.0 Å². The molecule has 0 fully saturated rings. The molecule has 0 spiro atoms. The van der Waals surface area contributed by atoms with Crippen LogP contribution in [0.1, 0.15) is 39.7 Å². The molecule has 0 aliphatic carbocycles. The summed E-state index contributed by atoms with van der Waals surface area (Å²) in [5, 5.41) is 8.91. The van der Waals surface area contributed by atoms with Crippen molar-refractivity contribution < 1.29 is 35.9 Å². The molecule has 0 aliphatic rings. The van der Waals surface area contributed by atoms with Gasteiger partial charge in [0.15, 0.2) is 0 Å². The lowest BCUT2D eigenvalue weighted by atomic mass is 10.0. The molecule has 2 aromatic carbocycles. The van der Waals surface area contributed by atoms with Crippen molar-refractivity contribution in [1.82, 2.24) is 15.5 Å². The predicted molar refractivity (Wildman–Crippen MR) is 108 cm³/mol. The quantitative estimate of drug-likeness (QED) is 0.450. The molecular formula is C22H19F6N3O2. The van der Waals surface area contributed by atoms with Gasteiger partial charge in [-0.25, -0.2) is 0 Å². The summed E-state index contributed by atoms with van der Waals surface area (Å²) in [6.07, 6.45) is -9.93. The fourth-order valence-corrected chi connectivity index (χ4v) is 3.15. The van der Waals surface area contributed by atoms with E-state index in [-0.39, 0.29) is 17.3 Å². The second kappa shape index (κ2) is 9.16. The van der Waals surface area contributed by atoms with Gasteiger partial charge in [-0.15, -0.1) is 0 Å². The predicted octanol–water partition coefficient (Wildman–Crippen LogP) is 5.75. The van der Waals surface area contributed by atoms with Gasteiger partial charge in [0.25, 0.3) is 5.91 Å². The molecule has 0 saturated heterocycles. The summed E-state index contributed by atoms with van der Waals surface area (Å²) in [5.74, 6) is -0.0603. The summed E-state index contributed by atoms with van der Waals surface area (Å²) >= 11 is 0. The number of H-pyrrole nitrogens is 1. The smallest absolute Gasteiger partial charge is 0.416 e. The van der Waals surface area contributed by atoms with E-state index < -0.39 is 35.9 Å². The van der Waals surface area contributed by atoms with Crippen molar-refractivity contribution >= 4 is 5.91 Å². The largest absolute Gasteiger partial charge is 0.494 e. The number of carbonyl (C=O) groups excluding carboxylic acids is 1. The van der Waals surface area contributed by atoms with Crippen LogP contribution in [0.3, 0.4) is 0 Å². The third-order valence-corrected chi connectivity index (χ3v) is 4.71. The molecule has 1 heterocycles. The number of hydrogen-bond donors (Lipinski definition) is 2. The standard InChI is InChI=1S/C22H19F6N3O2/c1-3-33-16-4-5-17(12(2)6-16)18-10-19(31-30-18)20(32)29-11-13-7-14(21(23,24)25)9-15(8-13)22(26,27)28/h4-10H,3,11H2,1-2H3,(H,29,32)(H,30,31). The Hall–Kier alpha value is -3.50. The Labute approximate surface area is 184 Å². The van der Waals surface area contributed by atoms with Crippen molar-refractivity contribution in [1.29, 1.82) is 0 Å². The first-order valence-corrected chi connectivity index (χ1v) is 9.74. The van der Waals surface area contributed by atoms with Crippen LogP contribution in [-0.2, 0) is 18.9 Å². The summed E-state index contributed by atoms with van der Waals surface area (Å²) in [7, 11) is 0. The van der Waals surface area contributed by atoms with Gasteiger partial charge in [-0.1, -0.05) is 0 Å². The molecule has 2 N–H and O–H groups in total. The number of benzene rings is 2. The van der Waals surface area contributed by atoms with Gasteiger partial charge in [-0.2, -0.15) is 31.4 Å². The Bertz CT molecular complexity index is 1120. The van der Waals surface area contributed by atoms with Crippen LogP contribution in [0.15, 0.2) is 42.5 Å². The van der Waals surface area contributed by atoms with Gasteiger partial charge in [0, 0.05) is 12.1 Å². The van der Waals surface area contributed by atoms with Gasteiger partial charge < -0.3 is 10.1 Å². The Morgan fingerprint density at radius 1 is 1.00 bits per heavy atom. The Kier molecular flexibility index (Phi) is 6.71. The van der Waals surface area contributed by atoms with Crippen LogP contribution in [0.5, 0.6) is 5.75 Å². The first-order valence-electron chi connectivity index (χ1n) is 9.74. The maximum Gasteiger partial charge on any atom is 0.416 e. The maximum atomic E-state index is 13.0. The lowest BCUT2D eigenvalue weighted by Crippen LogP contribution is -2.24. The zero-order valence-corrected chi connectivity index (χ0v) is 17.5. The van der Waals surface area contributed by atoms with Crippen LogP contribution < -0.4 is 10.1 Å². The van der Waals surface area contributed by atoms with E-state index in [0.29, 0.717) is 30.2 Å². The van der Waals surface area contributed by atoms with Crippen molar-refractivity contribution in [2.24, 2.45) is 0 Å². The minimum Gasteiger partial charge on any atom is -0.494 e. The van der Waals surface area contributed by atoms with Crippen molar-refractivity contribution in [2.75, 3.05) is 6.61 Å². The monoisotopic (exact) mass is 471 g/mol. The van der Waals surface area contributed by atoms with E-state index in [1.807, 2.05) is 13.8 Å². The van der Waals surface area contributed by atoms with E-state index in [1.165, 1.54) is 6.07 Å². The number of amides is 1. The highest BCUT2D eigenvalue weighted by molar-refractivity contribution is 5.93. The molecule has 11 heteroatoms. The molecule has 176 valence electrons. The SMILES string of the molecule is CCOc1ccc(-c2cc(C(=O)NCc3cc(C(F)(F)F)cc(C(F)(F)F)c3)[nH]n2)c(C)c1. The number of nitrogens with zero attached hydrogens (tertiary/aromatic N) is 1. The van der Waals surface area contributed by atoms with Gasteiger partial charge in [0.1, 0.15) is 11.4 Å². The molecule has 33 heavy (non-hydrogen) atoms. The summed E-state index contributed by atoms with van der Waals surface area (Å²) in [5.41, 5.74) is -1.23. The minimum absolute atomic E-state index is 0.00121. The van der Waals surface area contributed by atoms with Gasteiger partial charge in [-0.3, -0.25) is 9.89 Å². The maximum absolute atomic E-state index is 13.0. The lowest BCUT2D eigenvalue weighted by Gasteiger charge is -2.14. The summed E-state index contributed by atoms with van der Waals surface area (Å²) in [4.78, 5) is 12.4. The molecule has 0 aliphatic heterocycles. The number of aryl methyl sites for hydroxylation is 1. The van der Waals surface area contributed by atoms with Gasteiger partial charge >= 0.3 is 12.4 Å². The van der Waals surface area contributed by atoms with Gasteiger partial charge in [0.05, 0.1) is 23.4 Å². The Balaban J connectivity index is 1.77. The van der Waals surface area contributed by atoms with Crippen molar-refractivity contribution in [2.45, 2.75) is 32.7 Å². The molecule has 1 aromatic heterocycles. The number of hydrogen-bond acceptors (Lipinski definition) is 3. The van der Waals surface area contributed by atoms with E-state index in [0.717, 1.165) is 11.1 Å². The average Bonchev–Trinajstić information content (AvgIpc) is 3.21. The fraction of sp³-hybridized carbons (Fsp3) is 0.273. The second-order valence-electron chi connectivity index (χ2n) is 7.17. The van der Waals surface area contributed by atoms with E-state index in [2.05, 4.69) is 15.5 Å². The van der Waals surface area contributed by atoms with E-state index >= 15 is 0 Å². The van der Waals surface area contributed by atoms with Crippen molar-refractivity contribution in [3.63, 3.8) is 0 Å². The molecule has 0 bridgehead atoms. The van der Waals surface area contributed by atoms with E-state index in [9.17, 15) is 31.1 Å². The summed E-state index contributed by atoms with van der Waals surface area (Å²) in [6, 6.07) is 7.91. The number of rotatable bonds is 6. The third-order valence-electron chi connectivity index (χ3n) is 4.71. The Morgan fingerprint density at radius 3 is 2.18 bits per heavy atom. The number of alkyl halides is 6. The molecular weight excluding hydrogens is 452 g/mol. The molecule has 0 saturated carbocycles. The van der Waals surface area contributed by atoms with Gasteiger partial charge in [-0.05, 0) is 67.4 Å². The second-order valence-corrected chi connectivity index (χ2v) is 7.17. The number of aromatic amines is 1. The third kappa shape index (κ3) is 5.85. The number of nitrogens with one attached hydrogen (secondary N) is 2. The number of aromatic nitrogens is 2. The molecule has 0 radical (unpaired) electrons. The number of carbonyl (C=O) groups is 1. The number of ether oxygens (including phenoxy) is 1. The molecule has 0 atom stereocenters. The lowest BCUT2D eigenvalue weighted by molar-refractivity contribution is -0.143. The first kappa shape index (κ1) is 24.1. The normalized spacial score (nSPS) is 12.0. The first-order chi connectivity index (χ1) is 15.4. The van der Waals surface area contributed by atoms with Crippen molar-refractivity contribution in [3.05, 3.63) is 70.4 Å². The van der Waals surface area contributed by atoms with Crippen LogP contribution in [0.2, 0.25) is 0 Å².